The van der Waals surface area contributed by atoms with Gasteiger partial charge in [-0.25, -0.2) is 0 Å². The zero-order chi connectivity index (χ0) is 13.2. The van der Waals surface area contributed by atoms with Gasteiger partial charge in [0.1, 0.15) is 12.0 Å². The summed E-state index contributed by atoms with van der Waals surface area (Å²) in [6, 6.07) is 11.5. The number of carbonyl (C=O) groups excluding carboxylic acids is 1. The van der Waals surface area contributed by atoms with Crippen LogP contribution < -0.4 is 4.74 Å². The van der Waals surface area contributed by atoms with E-state index in [1.165, 1.54) is 5.56 Å². The molecular formula is C16H13ClO2. The number of carbonyl (C=O) groups is 1. The van der Waals surface area contributed by atoms with Crippen molar-refractivity contribution in [2.24, 2.45) is 0 Å². The first-order chi connectivity index (χ1) is 9.28. The van der Waals surface area contributed by atoms with Gasteiger partial charge in [-0.15, -0.1) is 0 Å². The van der Waals surface area contributed by atoms with Gasteiger partial charge in [0.05, 0.1) is 6.61 Å². The zero-order valence-corrected chi connectivity index (χ0v) is 11.1. The molecule has 0 aromatic heterocycles. The van der Waals surface area contributed by atoms with E-state index in [4.69, 9.17) is 16.3 Å². The average molecular weight is 273 g/mol. The molecule has 0 fully saturated rings. The van der Waals surface area contributed by atoms with Crippen molar-refractivity contribution in [3.8, 4) is 16.9 Å². The van der Waals surface area contributed by atoms with E-state index in [9.17, 15) is 4.79 Å². The van der Waals surface area contributed by atoms with Crippen LogP contribution in [0.25, 0.3) is 11.1 Å². The second kappa shape index (κ2) is 5.06. The predicted octanol–water partition coefficient (Wildman–Crippen LogP) is 4.14. The fourth-order valence-corrected chi connectivity index (χ4v) is 2.66. The third kappa shape index (κ3) is 2.36. The molecule has 19 heavy (non-hydrogen) atoms. The van der Waals surface area contributed by atoms with Gasteiger partial charge >= 0.3 is 0 Å². The van der Waals surface area contributed by atoms with Crippen LogP contribution in [0.2, 0.25) is 5.02 Å². The first kappa shape index (κ1) is 12.2. The van der Waals surface area contributed by atoms with Crippen LogP contribution in [0, 0.1) is 0 Å². The van der Waals surface area contributed by atoms with Gasteiger partial charge in [0.2, 0.25) is 0 Å². The normalized spacial score (nSPS) is 13.5. The number of fused-ring (bicyclic) bond motifs is 1. The standard InChI is InChI=1S/C16H13ClO2/c17-15-8-11(10-18)3-5-14(15)12-4-6-16-13(9-12)2-1-7-19-16/h3-6,8-10H,1-2,7H2. The zero-order valence-electron chi connectivity index (χ0n) is 10.4. The van der Waals surface area contributed by atoms with Gasteiger partial charge in [-0.05, 0) is 42.2 Å². The molecule has 0 atom stereocenters. The van der Waals surface area contributed by atoms with E-state index in [1.54, 1.807) is 12.1 Å². The van der Waals surface area contributed by atoms with E-state index in [0.29, 0.717) is 10.6 Å². The van der Waals surface area contributed by atoms with Crippen LogP contribution in [-0.2, 0) is 6.42 Å². The Bertz CT molecular complexity index is 635. The van der Waals surface area contributed by atoms with Crippen molar-refractivity contribution in [2.75, 3.05) is 6.61 Å². The number of benzene rings is 2. The van der Waals surface area contributed by atoms with Gasteiger partial charge in [0.25, 0.3) is 0 Å². The molecule has 0 amide bonds. The van der Waals surface area contributed by atoms with Crippen molar-refractivity contribution in [3.05, 3.63) is 52.5 Å². The summed E-state index contributed by atoms with van der Waals surface area (Å²) in [5.74, 6) is 0.968. The molecule has 1 aliphatic rings. The predicted molar refractivity (Wildman–Crippen MR) is 76.1 cm³/mol. The minimum atomic E-state index is 0.593. The Morgan fingerprint density at radius 1 is 1.16 bits per heavy atom. The molecule has 2 nitrogen and oxygen atoms in total. The Labute approximate surface area is 117 Å². The van der Waals surface area contributed by atoms with Gasteiger partial charge < -0.3 is 4.74 Å². The largest absolute Gasteiger partial charge is 0.493 e. The molecule has 1 heterocycles. The van der Waals surface area contributed by atoms with Gasteiger partial charge in [-0.1, -0.05) is 29.8 Å². The number of halogens is 1. The van der Waals surface area contributed by atoms with Crippen LogP contribution >= 0.6 is 11.6 Å². The smallest absolute Gasteiger partial charge is 0.150 e. The third-order valence-corrected chi connectivity index (χ3v) is 3.66. The Morgan fingerprint density at radius 3 is 2.84 bits per heavy atom. The molecule has 3 heteroatoms. The Morgan fingerprint density at radius 2 is 2.05 bits per heavy atom. The highest BCUT2D eigenvalue weighted by Gasteiger charge is 2.12. The molecule has 0 spiro atoms. The highest BCUT2D eigenvalue weighted by atomic mass is 35.5. The van der Waals surface area contributed by atoms with Crippen LogP contribution in [-0.4, -0.2) is 12.9 Å². The summed E-state index contributed by atoms with van der Waals surface area (Å²) in [5.41, 5.74) is 3.82. The molecule has 0 saturated heterocycles. The Balaban J connectivity index is 2.04. The van der Waals surface area contributed by atoms with Crippen molar-refractivity contribution in [1.29, 1.82) is 0 Å². The minimum Gasteiger partial charge on any atom is -0.493 e. The highest BCUT2D eigenvalue weighted by molar-refractivity contribution is 6.33. The lowest BCUT2D eigenvalue weighted by molar-refractivity contribution is 0.112. The maximum absolute atomic E-state index is 10.7. The van der Waals surface area contributed by atoms with E-state index < -0.39 is 0 Å². The monoisotopic (exact) mass is 272 g/mol. The number of rotatable bonds is 2. The number of hydrogen-bond donors (Lipinski definition) is 0. The summed E-state index contributed by atoms with van der Waals surface area (Å²) in [7, 11) is 0. The maximum Gasteiger partial charge on any atom is 0.150 e. The first-order valence-corrected chi connectivity index (χ1v) is 6.66. The minimum absolute atomic E-state index is 0.593. The molecule has 2 aromatic rings. The third-order valence-electron chi connectivity index (χ3n) is 3.35. The van der Waals surface area contributed by atoms with Crippen molar-refractivity contribution in [3.63, 3.8) is 0 Å². The molecule has 0 unspecified atom stereocenters. The molecule has 0 bridgehead atoms. The fourth-order valence-electron chi connectivity index (χ4n) is 2.37. The van der Waals surface area contributed by atoms with Gasteiger partial charge in [0, 0.05) is 16.1 Å². The van der Waals surface area contributed by atoms with Gasteiger partial charge in [0.15, 0.2) is 0 Å². The maximum atomic E-state index is 10.7. The molecule has 2 aromatic carbocycles. The topological polar surface area (TPSA) is 26.3 Å². The average Bonchev–Trinajstić information content (AvgIpc) is 2.46. The molecule has 0 saturated carbocycles. The summed E-state index contributed by atoms with van der Waals surface area (Å²) in [5, 5.41) is 0.598. The van der Waals surface area contributed by atoms with Crippen molar-refractivity contribution < 1.29 is 9.53 Å². The molecule has 3 rings (SSSR count). The Hall–Kier alpha value is -1.80. The van der Waals surface area contributed by atoms with Gasteiger partial charge in [-0.3, -0.25) is 4.79 Å². The summed E-state index contributed by atoms with van der Waals surface area (Å²) < 4.78 is 5.60. The number of aldehydes is 1. The summed E-state index contributed by atoms with van der Waals surface area (Å²) in [6.07, 6.45) is 2.89. The molecule has 0 radical (unpaired) electrons. The van der Waals surface area contributed by atoms with Crippen molar-refractivity contribution in [2.45, 2.75) is 12.8 Å². The quantitative estimate of drug-likeness (QED) is 0.768. The number of aryl methyl sites for hydroxylation is 1. The SMILES string of the molecule is O=Cc1ccc(-c2ccc3c(c2)CCCO3)c(Cl)c1. The van der Waals surface area contributed by atoms with Crippen LogP contribution in [0.4, 0.5) is 0 Å². The molecule has 96 valence electrons. The molecule has 0 aliphatic carbocycles. The lowest BCUT2D eigenvalue weighted by atomic mass is 9.98. The van der Waals surface area contributed by atoms with Crippen molar-refractivity contribution >= 4 is 17.9 Å². The van der Waals surface area contributed by atoms with E-state index in [-0.39, 0.29) is 0 Å². The number of hydrogen-bond acceptors (Lipinski definition) is 2. The molecule has 1 aliphatic heterocycles. The number of ether oxygens (including phenoxy) is 1. The van der Waals surface area contributed by atoms with Gasteiger partial charge in [-0.2, -0.15) is 0 Å². The van der Waals surface area contributed by atoms with Crippen LogP contribution in [0.1, 0.15) is 22.3 Å². The summed E-state index contributed by atoms with van der Waals surface area (Å²) in [4.78, 5) is 10.7. The Kier molecular flexibility index (Phi) is 3.26. The summed E-state index contributed by atoms with van der Waals surface area (Å²) >= 11 is 6.24. The fraction of sp³-hybridized carbons (Fsp3) is 0.188. The first-order valence-electron chi connectivity index (χ1n) is 6.29. The van der Waals surface area contributed by atoms with E-state index in [0.717, 1.165) is 42.6 Å². The van der Waals surface area contributed by atoms with Crippen molar-refractivity contribution in [1.82, 2.24) is 0 Å². The molecule has 0 N–H and O–H groups in total. The summed E-state index contributed by atoms with van der Waals surface area (Å²) in [6.45, 7) is 0.793. The van der Waals surface area contributed by atoms with E-state index in [2.05, 4.69) is 6.07 Å². The second-order valence-electron chi connectivity index (χ2n) is 4.63. The van der Waals surface area contributed by atoms with E-state index >= 15 is 0 Å². The van der Waals surface area contributed by atoms with E-state index in [1.807, 2.05) is 18.2 Å². The molecular weight excluding hydrogens is 260 g/mol. The van der Waals surface area contributed by atoms with Crippen LogP contribution in [0.3, 0.4) is 0 Å². The lowest BCUT2D eigenvalue weighted by Gasteiger charge is -2.18. The second-order valence-corrected chi connectivity index (χ2v) is 5.04. The van der Waals surface area contributed by atoms with Crippen LogP contribution in [0.5, 0.6) is 5.75 Å². The lowest BCUT2D eigenvalue weighted by Crippen LogP contribution is -2.08. The van der Waals surface area contributed by atoms with Crippen LogP contribution in [0.15, 0.2) is 36.4 Å². The highest BCUT2D eigenvalue weighted by Crippen LogP contribution is 2.33.